The van der Waals surface area contributed by atoms with Crippen molar-refractivity contribution in [3.05, 3.63) is 71.7 Å². The molecule has 0 N–H and O–H groups in total. The summed E-state index contributed by atoms with van der Waals surface area (Å²) in [6.45, 7) is 0. The molecule has 3 nitrogen and oxygen atoms in total. The van der Waals surface area contributed by atoms with Gasteiger partial charge in [-0.15, -0.1) is 0 Å². The number of pyridine rings is 1. The Labute approximate surface area is 146 Å². The molecule has 5 heteroatoms. The van der Waals surface area contributed by atoms with Crippen molar-refractivity contribution in [2.24, 2.45) is 5.41 Å². The molecule has 128 valence electrons. The predicted octanol–water partition coefficient (Wildman–Crippen LogP) is 4.28. The SMILES string of the molecule is CS(=O)(=O)c1ccc(C2=CC3(C=C2c2ccc(F)cc2)CCC3)cn1. The molecule has 0 atom stereocenters. The lowest BCUT2D eigenvalue weighted by Gasteiger charge is -2.34. The van der Waals surface area contributed by atoms with Crippen LogP contribution in [0.1, 0.15) is 30.4 Å². The van der Waals surface area contributed by atoms with Crippen LogP contribution in [-0.2, 0) is 9.84 Å². The van der Waals surface area contributed by atoms with Gasteiger partial charge >= 0.3 is 0 Å². The third-order valence-electron chi connectivity index (χ3n) is 5.02. The zero-order valence-corrected chi connectivity index (χ0v) is 14.7. The highest BCUT2D eigenvalue weighted by Crippen LogP contribution is 2.53. The van der Waals surface area contributed by atoms with Crippen molar-refractivity contribution in [1.82, 2.24) is 4.98 Å². The molecule has 0 saturated heterocycles. The van der Waals surface area contributed by atoms with Crippen LogP contribution in [-0.4, -0.2) is 19.7 Å². The zero-order chi connectivity index (χ0) is 17.7. The van der Waals surface area contributed by atoms with E-state index in [1.807, 2.05) is 0 Å². The lowest BCUT2D eigenvalue weighted by molar-refractivity contribution is 0.282. The summed E-state index contributed by atoms with van der Waals surface area (Å²) < 4.78 is 36.5. The van der Waals surface area contributed by atoms with Crippen molar-refractivity contribution < 1.29 is 12.8 Å². The van der Waals surface area contributed by atoms with Crippen LogP contribution in [0.3, 0.4) is 0 Å². The summed E-state index contributed by atoms with van der Waals surface area (Å²) in [5.74, 6) is -0.259. The van der Waals surface area contributed by atoms with Gasteiger partial charge in [0.05, 0.1) is 0 Å². The first-order valence-electron chi connectivity index (χ1n) is 8.25. The van der Waals surface area contributed by atoms with Gasteiger partial charge in [0.1, 0.15) is 5.82 Å². The average Bonchev–Trinajstić information content (AvgIpc) is 2.96. The molecule has 2 aliphatic carbocycles. The summed E-state index contributed by atoms with van der Waals surface area (Å²) in [5.41, 5.74) is 4.02. The number of rotatable bonds is 3. The molecule has 1 aromatic heterocycles. The molecule has 0 aliphatic heterocycles. The van der Waals surface area contributed by atoms with Crippen molar-refractivity contribution in [1.29, 1.82) is 0 Å². The van der Waals surface area contributed by atoms with Gasteiger partial charge < -0.3 is 0 Å². The number of hydrogen-bond donors (Lipinski definition) is 0. The van der Waals surface area contributed by atoms with E-state index in [1.165, 1.54) is 18.6 Å². The van der Waals surface area contributed by atoms with E-state index < -0.39 is 9.84 Å². The largest absolute Gasteiger partial charge is 0.244 e. The van der Waals surface area contributed by atoms with E-state index in [1.54, 1.807) is 30.5 Å². The van der Waals surface area contributed by atoms with Gasteiger partial charge in [-0.25, -0.2) is 17.8 Å². The maximum atomic E-state index is 13.3. The fraction of sp³-hybridized carbons (Fsp3) is 0.250. The van der Waals surface area contributed by atoms with E-state index in [-0.39, 0.29) is 16.3 Å². The normalized spacial score (nSPS) is 18.6. The maximum Gasteiger partial charge on any atom is 0.192 e. The first-order valence-corrected chi connectivity index (χ1v) is 10.1. The molecular formula is C20H18FNO2S. The van der Waals surface area contributed by atoms with Gasteiger partial charge in [0, 0.05) is 23.4 Å². The maximum absolute atomic E-state index is 13.3. The highest BCUT2D eigenvalue weighted by molar-refractivity contribution is 7.90. The molecule has 1 heterocycles. The van der Waals surface area contributed by atoms with Crippen LogP contribution < -0.4 is 0 Å². The average molecular weight is 355 g/mol. The van der Waals surface area contributed by atoms with Crippen LogP contribution >= 0.6 is 0 Å². The van der Waals surface area contributed by atoms with Gasteiger partial charge in [-0.2, -0.15) is 0 Å². The second-order valence-electron chi connectivity index (χ2n) is 6.87. The molecule has 4 rings (SSSR count). The second-order valence-corrected chi connectivity index (χ2v) is 8.83. The van der Waals surface area contributed by atoms with E-state index in [4.69, 9.17) is 0 Å². The summed E-state index contributed by atoms with van der Waals surface area (Å²) in [6, 6.07) is 9.83. The molecule has 1 aromatic carbocycles. The highest BCUT2D eigenvalue weighted by atomic mass is 32.2. The number of sulfone groups is 1. The van der Waals surface area contributed by atoms with Gasteiger partial charge in [-0.1, -0.05) is 30.7 Å². The summed E-state index contributed by atoms with van der Waals surface area (Å²) >= 11 is 0. The van der Waals surface area contributed by atoms with Crippen molar-refractivity contribution in [3.63, 3.8) is 0 Å². The predicted molar refractivity (Wildman–Crippen MR) is 96.0 cm³/mol. The molecule has 2 aliphatic rings. The van der Waals surface area contributed by atoms with Crippen molar-refractivity contribution >= 4 is 21.0 Å². The van der Waals surface area contributed by atoms with Gasteiger partial charge in [-0.3, -0.25) is 0 Å². The van der Waals surface area contributed by atoms with Crippen molar-refractivity contribution in [2.45, 2.75) is 24.3 Å². The Morgan fingerprint density at radius 3 is 2.04 bits per heavy atom. The molecule has 1 fully saturated rings. The summed E-state index contributed by atoms with van der Waals surface area (Å²) in [5, 5.41) is 0.0699. The van der Waals surface area contributed by atoms with Gasteiger partial charge in [0.15, 0.2) is 14.9 Å². The molecule has 25 heavy (non-hydrogen) atoms. The first kappa shape index (κ1) is 16.2. The number of hydrogen-bond acceptors (Lipinski definition) is 3. The van der Waals surface area contributed by atoms with Crippen LogP contribution in [0.5, 0.6) is 0 Å². The Morgan fingerprint density at radius 2 is 1.56 bits per heavy atom. The summed E-state index contributed by atoms with van der Waals surface area (Å²) in [7, 11) is -3.32. The third-order valence-corrected chi connectivity index (χ3v) is 6.02. The molecule has 1 saturated carbocycles. The number of allylic oxidation sites excluding steroid dienone is 4. The smallest absolute Gasteiger partial charge is 0.192 e. The number of benzene rings is 1. The molecule has 2 aromatic rings. The highest BCUT2D eigenvalue weighted by Gasteiger charge is 2.38. The quantitative estimate of drug-likeness (QED) is 0.826. The van der Waals surface area contributed by atoms with Crippen molar-refractivity contribution in [2.75, 3.05) is 6.26 Å². The van der Waals surface area contributed by atoms with Crippen LogP contribution in [0.4, 0.5) is 4.39 Å². The monoisotopic (exact) mass is 355 g/mol. The fourth-order valence-electron chi connectivity index (χ4n) is 3.51. The molecule has 0 radical (unpaired) electrons. The third kappa shape index (κ3) is 2.93. The Morgan fingerprint density at radius 1 is 0.960 bits per heavy atom. The number of halogens is 1. The zero-order valence-electron chi connectivity index (χ0n) is 13.9. The number of nitrogens with zero attached hydrogens (tertiary/aromatic N) is 1. The first-order chi connectivity index (χ1) is 11.9. The Hall–Kier alpha value is -2.27. The number of aromatic nitrogens is 1. The van der Waals surface area contributed by atoms with E-state index in [9.17, 15) is 12.8 Å². The second kappa shape index (κ2) is 5.63. The van der Waals surface area contributed by atoms with Crippen LogP contribution in [0, 0.1) is 11.2 Å². The molecular weight excluding hydrogens is 337 g/mol. The van der Waals surface area contributed by atoms with E-state index >= 15 is 0 Å². The Kier molecular flexibility index (Phi) is 3.65. The summed E-state index contributed by atoms with van der Waals surface area (Å²) in [6.07, 6.45) is 10.7. The molecule has 0 unspecified atom stereocenters. The van der Waals surface area contributed by atoms with E-state index in [2.05, 4.69) is 17.1 Å². The van der Waals surface area contributed by atoms with Crippen LogP contribution in [0.2, 0.25) is 0 Å². The molecule has 0 bridgehead atoms. The lowest BCUT2D eigenvalue weighted by atomic mass is 9.70. The standard InChI is InChI=1S/C20H18FNO2S/c1-25(23,24)19-8-5-15(13-22-19)18-12-20(9-2-10-20)11-17(18)14-3-6-16(21)7-4-14/h3-8,11-13H,2,9-10H2,1H3. The molecule has 1 spiro atoms. The van der Waals surface area contributed by atoms with Gasteiger partial charge in [-0.05, 0) is 53.8 Å². The fourth-order valence-corrected chi connectivity index (χ4v) is 4.07. The Bertz CT molecular complexity index is 983. The molecule has 0 amide bonds. The minimum atomic E-state index is -3.32. The van der Waals surface area contributed by atoms with Crippen molar-refractivity contribution in [3.8, 4) is 0 Å². The van der Waals surface area contributed by atoms with Gasteiger partial charge in [0.25, 0.3) is 0 Å². The lowest BCUT2D eigenvalue weighted by Crippen LogP contribution is -2.22. The van der Waals surface area contributed by atoms with Crippen LogP contribution in [0.25, 0.3) is 11.1 Å². The topological polar surface area (TPSA) is 47.0 Å². The van der Waals surface area contributed by atoms with Crippen LogP contribution in [0.15, 0.2) is 59.8 Å². The minimum absolute atomic E-state index is 0.0699. The summed E-state index contributed by atoms with van der Waals surface area (Å²) in [4.78, 5) is 4.11. The van der Waals surface area contributed by atoms with E-state index in [0.717, 1.165) is 41.4 Å². The van der Waals surface area contributed by atoms with Gasteiger partial charge in [0.2, 0.25) is 0 Å². The minimum Gasteiger partial charge on any atom is -0.244 e. The van der Waals surface area contributed by atoms with E-state index in [0.29, 0.717) is 0 Å². The Balaban J connectivity index is 1.77.